The van der Waals surface area contributed by atoms with Crippen LogP contribution in [-0.4, -0.2) is 69.7 Å². The summed E-state index contributed by atoms with van der Waals surface area (Å²) >= 11 is 1.35. The monoisotopic (exact) mass is 574 g/mol. The molecule has 0 unspecified atom stereocenters. The lowest BCUT2D eigenvalue weighted by molar-refractivity contribution is -0.116. The quantitative estimate of drug-likeness (QED) is 0.303. The van der Waals surface area contributed by atoms with E-state index >= 15 is 0 Å². The number of amides is 1. The number of hydrogen-bond donors (Lipinski definition) is 1. The zero-order valence-corrected chi connectivity index (χ0v) is 23.6. The van der Waals surface area contributed by atoms with Crippen LogP contribution < -0.4 is 21.2 Å². The molecule has 1 amide bonds. The summed E-state index contributed by atoms with van der Waals surface area (Å²) in [5.74, 6) is 0.320. The van der Waals surface area contributed by atoms with E-state index in [-0.39, 0.29) is 23.6 Å². The number of carbonyl (C=O) groups is 1. The van der Waals surface area contributed by atoms with E-state index in [1.165, 1.54) is 22.1 Å². The second-order valence-electron chi connectivity index (χ2n) is 9.85. The lowest BCUT2D eigenvalue weighted by Gasteiger charge is -2.27. The lowest BCUT2D eigenvalue weighted by atomic mass is 10.2. The second-order valence-corrected chi connectivity index (χ2v) is 10.9. The Hall–Kier alpha value is -4.26. The largest absolute Gasteiger partial charge is 0.497 e. The molecule has 41 heavy (non-hydrogen) atoms. The summed E-state index contributed by atoms with van der Waals surface area (Å²) in [6.45, 7) is 5.66. The molecule has 0 bridgehead atoms. The van der Waals surface area contributed by atoms with Gasteiger partial charge in [-0.3, -0.25) is 24.0 Å². The van der Waals surface area contributed by atoms with Crippen LogP contribution in [0.4, 0.5) is 5.69 Å². The molecule has 4 heterocycles. The molecule has 2 aromatic carbocycles. The summed E-state index contributed by atoms with van der Waals surface area (Å²) in [6.07, 6.45) is 0. The third-order valence-electron chi connectivity index (χ3n) is 7.35. The van der Waals surface area contributed by atoms with Gasteiger partial charge in [0, 0.05) is 43.6 Å². The van der Waals surface area contributed by atoms with Gasteiger partial charge in [0.1, 0.15) is 12.3 Å². The number of anilines is 1. The number of rotatable bonds is 8. The van der Waals surface area contributed by atoms with Crippen molar-refractivity contribution in [2.24, 2.45) is 0 Å². The summed E-state index contributed by atoms with van der Waals surface area (Å²) in [6, 6.07) is 16.0. The van der Waals surface area contributed by atoms with Crippen molar-refractivity contribution in [2.45, 2.75) is 20.0 Å². The number of para-hydroxylation sites is 1. The molecule has 0 radical (unpaired) electrons. The van der Waals surface area contributed by atoms with Gasteiger partial charge >= 0.3 is 0 Å². The summed E-state index contributed by atoms with van der Waals surface area (Å²) in [4.78, 5) is 47.6. The fourth-order valence-corrected chi connectivity index (χ4v) is 6.17. The van der Waals surface area contributed by atoms with E-state index in [1.54, 1.807) is 47.5 Å². The van der Waals surface area contributed by atoms with Crippen molar-refractivity contribution in [1.29, 1.82) is 0 Å². The van der Waals surface area contributed by atoms with Gasteiger partial charge in [-0.1, -0.05) is 23.5 Å². The van der Waals surface area contributed by atoms with Gasteiger partial charge in [-0.25, -0.2) is 4.98 Å². The van der Waals surface area contributed by atoms with E-state index in [1.807, 2.05) is 24.3 Å². The number of aryl methyl sites for hydroxylation is 1. The van der Waals surface area contributed by atoms with Gasteiger partial charge in [0.2, 0.25) is 11.0 Å². The number of methoxy groups -OCH3 is 1. The molecule has 1 aliphatic rings. The zero-order valence-electron chi connectivity index (χ0n) is 22.8. The van der Waals surface area contributed by atoms with Crippen molar-refractivity contribution in [2.75, 3.05) is 45.3 Å². The maximum Gasteiger partial charge on any atom is 0.283 e. The van der Waals surface area contributed by atoms with Gasteiger partial charge < -0.3 is 19.4 Å². The summed E-state index contributed by atoms with van der Waals surface area (Å²) in [5.41, 5.74) is 1.74. The van der Waals surface area contributed by atoms with Crippen LogP contribution in [0, 0.1) is 6.92 Å². The normalized spacial score (nSPS) is 14.1. The van der Waals surface area contributed by atoms with Crippen LogP contribution >= 0.6 is 11.3 Å². The minimum Gasteiger partial charge on any atom is -0.497 e. The van der Waals surface area contributed by atoms with Gasteiger partial charge in [-0.15, -0.1) is 0 Å². The zero-order chi connectivity index (χ0) is 28.5. The molecule has 6 rings (SSSR count). The predicted molar refractivity (Wildman–Crippen MR) is 159 cm³/mol. The van der Waals surface area contributed by atoms with Crippen LogP contribution in [0.25, 0.3) is 26.3 Å². The van der Waals surface area contributed by atoms with Crippen LogP contribution in [0.5, 0.6) is 5.75 Å². The standard InChI is InChI=1S/C29H30N6O5S/c1-19-27-23(17-26(37)33(19)12-11-32-13-15-40-16-14-32)34(18-25(36)30-20-7-9-21(39-2)10-8-20)35(28(27)38)29-31-22-5-3-4-6-24(22)41-29/h3-10,17H,11-16,18H2,1-2H3,(H,30,36). The number of carbonyl (C=O) groups excluding carboxylic acids is 1. The maximum atomic E-state index is 14.0. The van der Waals surface area contributed by atoms with Crippen molar-refractivity contribution in [1.82, 2.24) is 23.8 Å². The first-order valence-electron chi connectivity index (χ1n) is 13.4. The number of benzene rings is 2. The Morgan fingerprint density at radius 2 is 1.83 bits per heavy atom. The smallest absolute Gasteiger partial charge is 0.283 e. The third-order valence-corrected chi connectivity index (χ3v) is 8.36. The summed E-state index contributed by atoms with van der Waals surface area (Å²) < 4.78 is 16.1. The highest BCUT2D eigenvalue weighted by Gasteiger charge is 2.23. The first-order chi connectivity index (χ1) is 19.9. The average molecular weight is 575 g/mol. The number of pyridine rings is 1. The van der Waals surface area contributed by atoms with Crippen molar-refractivity contribution >= 4 is 44.1 Å². The Kier molecular flexibility index (Phi) is 7.43. The first-order valence-corrected chi connectivity index (χ1v) is 14.2. The molecule has 1 fully saturated rings. The minimum absolute atomic E-state index is 0.197. The van der Waals surface area contributed by atoms with E-state index < -0.39 is 0 Å². The number of nitrogens with one attached hydrogen (secondary N) is 1. The van der Waals surface area contributed by atoms with E-state index in [2.05, 4.69) is 10.2 Å². The highest BCUT2D eigenvalue weighted by atomic mass is 32.1. The first kappa shape index (κ1) is 26.9. The number of ether oxygens (including phenoxy) is 2. The van der Waals surface area contributed by atoms with Crippen molar-refractivity contribution in [3.05, 3.63) is 81.0 Å². The Bertz CT molecular complexity index is 1810. The van der Waals surface area contributed by atoms with Gasteiger partial charge in [0.15, 0.2) is 0 Å². The number of thiazole rings is 1. The van der Waals surface area contributed by atoms with Crippen LogP contribution in [0.2, 0.25) is 0 Å². The van der Waals surface area contributed by atoms with Crippen molar-refractivity contribution in [3.8, 4) is 10.9 Å². The molecule has 1 aliphatic heterocycles. The van der Waals surface area contributed by atoms with Gasteiger partial charge in [0.25, 0.3) is 11.1 Å². The van der Waals surface area contributed by atoms with Crippen molar-refractivity contribution in [3.63, 3.8) is 0 Å². The van der Waals surface area contributed by atoms with E-state index in [0.717, 1.165) is 23.3 Å². The van der Waals surface area contributed by atoms with Gasteiger partial charge in [0.05, 0.1) is 41.4 Å². The summed E-state index contributed by atoms with van der Waals surface area (Å²) in [7, 11) is 1.57. The molecule has 11 nitrogen and oxygen atoms in total. The predicted octanol–water partition coefficient (Wildman–Crippen LogP) is 2.85. The Morgan fingerprint density at radius 3 is 2.56 bits per heavy atom. The molecule has 5 aromatic rings. The molecule has 0 atom stereocenters. The van der Waals surface area contributed by atoms with Crippen LogP contribution in [-0.2, 0) is 22.6 Å². The van der Waals surface area contributed by atoms with Gasteiger partial charge in [-0.2, -0.15) is 4.68 Å². The second kappa shape index (κ2) is 11.3. The number of nitrogens with zero attached hydrogens (tertiary/aromatic N) is 5. The van der Waals surface area contributed by atoms with E-state index in [9.17, 15) is 14.4 Å². The Morgan fingerprint density at radius 1 is 1.07 bits per heavy atom. The third kappa shape index (κ3) is 5.29. The van der Waals surface area contributed by atoms with E-state index in [4.69, 9.17) is 14.5 Å². The van der Waals surface area contributed by atoms with Crippen molar-refractivity contribution < 1.29 is 14.3 Å². The topological polar surface area (TPSA) is 113 Å². The molecule has 1 N–H and O–H groups in total. The van der Waals surface area contributed by atoms with Crippen LogP contribution in [0.3, 0.4) is 0 Å². The number of aromatic nitrogens is 4. The molecule has 1 saturated heterocycles. The molecule has 0 spiro atoms. The Labute approximate surface area is 239 Å². The highest BCUT2D eigenvalue weighted by molar-refractivity contribution is 7.20. The molecular formula is C29H30N6O5S. The maximum absolute atomic E-state index is 14.0. The lowest BCUT2D eigenvalue weighted by Crippen LogP contribution is -2.39. The molecule has 0 saturated carbocycles. The summed E-state index contributed by atoms with van der Waals surface area (Å²) in [5, 5.41) is 3.69. The van der Waals surface area contributed by atoms with Gasteiger partial charge in [-0.05, 0) is 43.3 Å². The highest BCUT2D eigenvalue weighted by Crippen LogP contribution is 2.26. The number of morpholine rings is 1. The Balaban J connectivity index is 1.42. The van der Waals surface area contributed by atoms with E-state index in [0.29, 0.717) is 59.5 Å². The fourth-order valence-electron chi connectivity index (χ4n) is 5.20. The molecule has 212 valence electrons. The molecular weight excluding hydrogens is 544 g/mol. The van der Waals surface area contributed by atoms with Crippen LogP contribution in [0.1, 0.15) is 5.69 Å². The van der Waals surface area contributed by atoms with Crippen LogP contribution in [0.15, 0.2) is 64.2 Å². The number of fused-ring (bicyclic) bond motifs is 2. The molecule has 0 aliphatic carbocycles. The minimum atomic E-state index is -0.351. The molecule has 3 aromatic heterocycles. The molecule has 12 heteroatoms. The number of hydrogen-bond acceptors (Lipinski definition) is 8. The average Bonchev–Trinajstić information content (AvgIpc) is 3.52. The fraction of sp³-hybridized carbons (Fsp3) is 0.310. The SMILES string of the molecule is COc1ccc(NC(=O)Cn2c3cc(=O)n(CCN4CCOCC4)c(C)c3c(=O)n2-c2nc3ccccc3s2)cc1.